The molecule has 1 fully saturated rings. The van der Waals surface area contributed by atoms with Crippen molar-refractivity contribution >= 4 is 12.4 Å². The third kappa shape index (κ3) is 2.09. The standard InChI is InChI=1S/C6H13NO2.ClH/c1-9-6-3-7-2-5(6)4-8;/h5-8H,2-4H2,1H3;1H/t5-,6+;/m0./s1. The number of ether oxygens (including phenoxy) is 1. The van der Waals surface area contributed by atoms with Crippen LogP contribution in [-0.2, 0) is 4.74 Å². The highest BCUT2D eigenvalue weighted by atomic mass is 35.5. The van der Waals surface area contributed by atoms with Gasteiger partial charge in [0.25, 0.3) is 0 Å². The Balaban J connectivity index is 0.000000810. The summed E-state index contributed by atoms with van der Waals surface area (Å²) in [6.07, 6.45) is 0.218. The molecule has 10 heavy (non-hydrogen) atoms. The Morgan fingerprint density at radius 3 is 2.70 bits per heavy atom. The molecule has 62 valence electrons. The third-order valence-electron chi connectivity index (χ3n) is 1.82. The van der Waals surface area contributed by atoms with Gasteiger partial charge >= 0.3 is 0 Å². The van der Waals surface area contributed by atoms with E-state index < -0.39 is 0 Å². The van der Waals surface area contributed by atoms with E-state index >= 15 is 0 Å². The lowest BCUT2D eigenvalue weighted by Crippen LogP contribution is -2.23. The number of aliphatic hydroxyl groups is 1. The van der Waals surface area contributed by atoms with E-state index in [-0.39, 0.29) is 25.1 Å². The Morgan fingerprint density at radius 2 is 2.30 bits per heavy atom. The Bertz CT molecular complexity index is 81.8. The summed E-state index contributed by atoms with van der Waals surface area (Å²) < 4.78 is 5.09. The van der Waals surface area contributed by atoms with Crippen molar-refractivity contribution in [2.75, 3.05) is 26.8 Å². The second kappa shape index (κ2) is 4.91. The van der Waals surface area contributed by atoms with Crippen LogP contribution in [0.1, 0.15) is 0 Å². The molecule has 1 rings (SSSR count). The highest BCUT2D eigenvalue weighted by molar-refractivity contribution is 5.85. The molecule has 1 heterocycles. The largest absolute Gasteiger partial charge is 0.396 e. The summed E-state index contributed by atoms with van der Waals surface area (Å²) in [4.78, 5) is 0. The second-order valence-electron chi connectivity index (χ2n) is 2.38. The first-order chi connectivity index (χ1) is 4.38. The van der Waals surface area contributed by atoms with Crippen LogP contribution >= 0.6 is 12.4 Å². The molecule has 3 nitrogen and oxygen atoms in total. The van der Waals surface area contributed by atoms with Crippen LogP contribution in [0.3, 0.4) is 0 Å². The van der Waals surface area contributed by atoms with Crippen molar-refractivity contribution in [1.29, 1.82) is 0 Å². The van der Waals surface area contributed by atoms with E-state index in [1.54, 1.807) is 7.11 Å². The van der Waals surface area contributed by atoms with Gasteiger partial charge in [0.15, 0.2) is 0 Å². The molecular formula is C6H14ClNO2. The van der Waals surface area contributed by atoms with Crippen molar-refractivity contribution in [3.63, 3.8) is 0 Å². The van der Waals surface area contributed by atoms with Crippen molar-refractivity contribution < 1.29 is 9.84 Å². The maximum absolute atomic E-state index is 8.75. The fourth-order valence-corrected chi connectivity index (χ4v) is 1.17. The minimum atomic E-state index is 0. The molecule has 0 bridgehead atoms. The number of rotatable bonds is 2. The van der Waals surface area contributed by atoms with Crippen LogP contribution < -0.4 is 5.32 Å². The lowest BCUT2D eigenvalue weighted by Gasteiger charge is -2.12. The van der Waals surface area contributed by atoms with Gasteiger partial charge in [-0.3, -0.25) is 0 Å². The van der Waals surface area contributed by atoms with Gasteiger partial charge in [-0.2, -0.15) is 0 Å². The first-order valence-corrected chi connectivity index (χ1v) is 3.23. The lowest BCUT2D eigenvalue weighted by atomic mass is 10.1. The predicted molar refractivity (Wildman–Crippen MR) is 41.5 cm³/mol. The number of hydrogen-bond donors (Lipinski definition) is 2. The van der Waals surface area contributed by atoms with E-state index in [1.807, 2.05) is 0 Å². The van der Waals surface area contributed by atoms with Crippen molar-refractivity contribution in [2.45, 2.75) is 6.10 Å². The molecule has 0 spiro atoms. The van der Waals surface area contributed by atoms with Gasteiger partial charge in [-0.25, -0.2) is 0 Å². The van der Waals surface area contributed by atoms with E-state index in [0.717, 1.165) is 13.1 Å². The average Bonchev–Trinajstić information content (AvgIpc) is 2.33. The minimum Gasteiger partial charge on any atom is -0.396 e. The molecule has 1 saturated heterocycles. The van der Waals surface area contributed by atoms with Crippen LogP contribution in [-0.4, -0.2) is 38.0 Å². The van der Waals surface area contributed by atoms with Gasteiger partial charge in [0.2, 0.25) is 0 Å². The molecule has 0 aliphatic carbocycles. The van der Waals surface area contributed by atoms with E-state index in [4.69, 9.17) is 9.84 Å². The zero-order valence-electron chi connectivity index (χ0n) is 6.04. The van der Waals surface area contributed by atoms with Crippen LogP contribution in [0.2, 0.25) is 0 Å². The van der Waals surface area contributed by atoms with Gasteiger partial charge in [-0.15, -0.1) is 12.4 Å². The molecule has 4 heteroatoms. The third-order valence-corrected chi connectivity index (χ3v) is 1.82. The van der Waals surface area contributed by atoms with E-state index in [9.17, 15) is 0 Å². The van der Waals surface area contributed by atoms with Crippen molar-refractivity contribution in [2.24, 2.45) is 5.92 Å². The molecule has 0 aromatic carbocycles. The topological polar surface area (TPSA) is 41.5 Å². The van der Waals surface area contributed by atoms with Crippen LogP contribution in [0, 0.1) is 5.92 Å². The molecule has 0 aromatic heterocycles. The normalized spacial score (nSPS) is 31.8. The Labute approximate surface area is 67.2 Å². The summed E-state index contributed by atoms with van der Waals surface area (Å²) in [6, 6.07) is 0. The molecular weight excluding hydrogens is 154 g/mol. The minimum absolute atomic E-state index is 0. The number of methoxy groups -OCH3 is 1. The highest BCUT2D eigenvalue weighted by Gasteiger charge is 2.25. The zero-order chi connectivity index (χ0) is 6.69. The summed E-state index contributed by atoms with van der Waals surface area (Å²) in [5.74, 6) is 0.301. The molecule has 1 aliphatic rings. The average molecular weight is 168 g/mol. The predicted octanol–water partition coefficient (Wildman–Crippen LogP) is -0.365. The smallest absolute Gasteiger partial charge is 0.0757 e. The van der Waals surface area contributed by atoms with Crippen LogP contribution in [0.4, 0.5) is 0 Å². The van der Waals surface area contributed by atoms with Crippen LogP contribution in [0.5, 0.6) is 0 Å². The van der Waals surface area contributed by atoms with Crippen molar-refractivity contribution in [3.05, 3.63) is 0 Å². The van der Waals surface area contributed by atoms with Crippen molar-refractivity contribution in [1.82, 2.24) is 5.32 Å². The van der Waals surface area contributed by atoms with E-state index in [1.165, 1.54) is 0 Å². The van der Waals surface area contributed by atoms with Gasteiger partial charge in [0.05, 0.1) is 6.10 Å². The fraction of sp³-hybridized carbons (Fsp3) is 1.00. The molecule has 1 aliphatic heterocycles. The fourth-order valence-electron chi connectivity index (χ4n) is 1.17. The molecule has 0 radical (unpaired) electrons. The van der Waals surface area contributed by atoms with Gasteiger partial charge in [-0.05, 0) is 0 Å². The van der Waals surface area contributed by atoms with Gasteiger partial charge < -0.3 is 15.2 Å². The molecule has 0 saturated carbocycles. The Kier molecular flexibility index (Phi) is 4.99. The summed E-state index contributed by atoms with van der Waals surface area (Å²) >= 11 is 0. The van der Waals surface area contributed by atoms with Gasteiger partial charge in [-0.1, -0.05) is 0 Å². The first kappa shape index (κ1) is 10.2. The quantitative estimate of drug-likeness (QED) is 0.590. The number of halogens is 1. The molecule has 0 aromatic rings. The van der Waals surface area contributed by atoms with Gasteiger partial charge in [0, 0.05) is 32.7 Å². The second-order valence-corrected chi connectivity index (χ2v) is 2.38. The summed E-state index contributed by atoms with van der Waals surface area (Å²) in [5, 5.41) is 11.9. The molecule has 0 unspecified atom stereocenters. The van der Waals surface area contributed by atoms with Crippen LogP contribution in [0.25, 0.3) is 0 Å². The number of nitrogens with one attached hydrogen (secondary N) is 1. The van der Waals surface area contributed by atoms with Crippen LogP contribution in [0.15, 0.2) is 0 Å². The Morgan fingerprint density at radius 1 is 1.60 bits per heavy atom. The maximum Gasteiger partial charge on any atom is 0.0757 e. The number of hydrogen-bond acceptors (Lipinski definition) is 3. The molecule has 2 N–H and O–H groups in total. The summed E-state index contributed by atoms with van der Waals surface area (Å²) in [5.41, 5.74) is 0. The molecule has 0 amide bonds. The number of aliphatic hydroxyl groups excluding tert-OH is 1. The monoisotopic (exact) mass is 167 g/mol. The molecule has 2 atom stereocenters. The first-order valence-electron chi connectivity index (χ1n) is 3.23. The summed E-state index contributed by atoms with van der Waals surface area (Å²) in [7, 11) is 1.68. The Hall–Kier alpha value is 0.170. The summed E-state index contributed by atoms with van der Waals surface area (Å²) in [6.45, 7) is 1.99. The lowest BCUT2D eigenvalue weighted by molar-refractivity contribution is 0.0576. The maximum atomic E-state index is 8.75. The van der Waals surface area contributed by atoms with Gasteiger partial charge in [0.1, 0.15) is 0 Å². The van der Waals surface area contributed by atoms with Crippen molar-refractivity contribution in [3.8, 4) is 0 Å². The highest BCUT2D eigenvalue weighted by Crippen LogP contribution is 2.09. The van der Waals surface area contributed by atoms with E-state index in [0.29, 0.717) is 5.92 Å². The zero-order valence-corrected chi connectivity index (χ0v) is 6.86. The van der Waals surface area contributed by atoms with E-state index in [2.05, 4.69) is 5.32 Å². The SMILES string of the molecule is CO[C@@H]1CNC[C@H]1CO.Cl.